The summed E-state index contributed by atoms with van der Waals surface area (Å²) in [6, 6.07) is -0.00718. The lowest BCUT2D eigenvalue weighted by Crippen LogP contribution is -2.44. The monoisotopic (exact) mass is 268 g/mol. The molecule has 0 aromatic rings. The van der Waals surface area contributed by atoms with Crippen LogP contribution >= 0.6 is 0 Å². The van der Waals surface area contributed by atoms with Crippen molar-refractivity contribution in [1.82, 2.24) is 10.2 Å². The van der Waals surface area contributed by atoms with E-state index in [9.17, 15) is 4.79 Å². The minimum Gasteiger partial charge on any atom is -0.381 e. The minimum absolute atomic E-state index is 0.00718. The Hall–Kier alpha value is -0.610. The lowest BCUT2D eigenvalue weighted by Gasteiger charge is -2.32. The molecule has 0 aromatic heterocycles. The van der Waals surface area contributed by atoms with Crippen molar-refractivity contribution in [3.8, 4) is 0 Å². The van der Waals surface area contributed by atoms with E-state index in [2.05, 4.69) is 37.9 Å². The molecule has 0 aromatic carbocycles. The summed E-state index contributed by atoms with van der Waals surface area (Å²) in [7, 11) is 0. The van der Waals surface area contributed by atoms with Gasteiger partial charge in [-0.25, -0.2) is 0 Å². The first-order chi connectivity index (χ1) is 9.00. The summed E-state index contributed by atoms with van der Waals surface area (Å²) in [5.41, 5.74) is 0. The van der Waals surface area contributed by atoms with Crippen molar-refractivity contribution in [3.63, 3.8) is 0 Å². The number of carbonyl (C=O) groups excluding carboxylic acids is 1. The Bertz CT molecular complexity index is 311. The molecule has 2 saturated heterocycles. The second kappa shape index (κ2) is 6.23. The van der Waals surface area contributed by atoms with Crippen molar-refractivity contribution in [2.75, 3.05) is 19.8 Å². The molecule has 2 aliphatic rings. The van der Waals surface area contributed by atoms with Gasteiger partial charge in [0.1, 0.15) is 0 Å². The molecule has 4 heteroatoms. The average molecular weight is 268 g/mol. The first kappa shape index (κ1) is 14.8. The van der Waals surface area contributed by atoms with Crippen molar-refractivity contribution < 1.29 is 9.53 Å². The van der Waals surface area contributed by atoms with Gasteiger partial charge in [0.05, 0.1) is 12.2 Å². The smallest absolute Gasteiger partial charge is 0.241 e. The van der Waals surface area contributed by atoms with Crippen LogP contribution < -0.4 is 5.32 Å². The molecule has 2 unspecified atom stereocenters. The largest absolute Gasteiger partial charge is 0.381 e. The van der Waals surface area contributed by atoms with E-state index >= 15 is 0 Å². The lowest BCUT2D eigenvalue weighted by atomic mass is 9.98. The predicted octanol–water partition coefficient (Wildman–Crippen LogP) is 1.85. The zero-order chi connectivity index (χ0) is 14.0. The molecule has 0 bridgehead atoms. The lowest BCUT2D eigenvalue weighted by molar-refractivity contribution is -0.132. The number of rotatable bonds is 4. The summed E-state index contributed by atoms with van der Waals surface area (Å²) in [6.07, 6.45) is 2.37. The number of hydrogen-bond donors (Lipinski definition) is 1. The average Bonchev–Trinajstić information content (AvgIpc) is 2.69. The van der Waals surface area contributed by atoms with Gasteiger partial charge in [0.2, 0.25) is 5.91 Å². The van der Waals surface area contributed by atoms with E-state index in [1.165, 1.54) is 0 Å². The Kier molecular flexibility index (Phi) is 4.85. The van der Waals surface area contributed by atoms with Crippen molar-refractivity contribution >= 4 is 5.91 Å². The molecule has 1 N–H and O–H groups in total. The molecule has 19 heavy (non-hydrogen) atoms. The second-order valence-electron chi connectivity index (χ2n) is 6.62. The van der Waals surface area contributed by atoms with Gasteiger partial charge in [0, 0.05) is 19.8 Å². The van der Waals surface area contributed by atoms with Crippen LogP contribution in [0.25, 0.3) is 0 Å². The number of amides is 1. The number of nitrogens with one attached hydrogen (secondary N) is 1. The third-order valence-electron chi connectivity index (χ3n) is 4.33. The number of nitrogens with zero attached hydrogens (tertiary/aromatic N) is 1. The molecular formula is C15H28N2O2. The Morgan fingerprint density at radius 1 is 1.21 bits per heavy atom. The van der Waals surface area contributed by atoms with Gasteiger partial charge in [0.25, 0.3) is 0 Å². The van der Waals surface area contributed by atoms with E-state index < -0.39 is 0 Å². The fourth-order valence-corrected chi connectivity index (χ4v) is 3.10. The van der Waals surface area contributed by atoms with E-state index in [4.69, 9.17) is 4.74 Å². The van der Waals surface area contributed by atoms with E-state index in [1.807, 2.05) is 0 Å². The summed E-state index contributed by atoms with van der Waals surface area (Å²) in [6.45, 7) is 11.2. The highest BCUT2D eigenvalue weighted by atomic mass is 16.5. The molecule has 0 radical (unpaired) electrons. The minimum atomic E-state index is -0.00718. The highest BCUT2D eigenvalue weighted by molar-refractivity contribution is 5.84. The van der Waals surface area contributed by atoms with Gasteiger partial charge < -0.3 is 9.64 Å². The van der Waals surface area contributed by atoms with E-state index in [1.54, 1.807) is 0 Å². The molecule has 2 rings (SSSR count). The fourth-order valence-electron chi connectivity index (χ4n) is 3.10. The fraction of sp³-hybridized carbons (Fsp3) is 0.933. The molecule has 2 heterocycles. The van der Waals surface area contributed by atoms with E-state index in [0.717, 1.165) is 32.6 Å². The van der Waals surface area contributed by atoms with Gasteiger partial charge in [-0.05, 0) is 30.6 Å². The molecule has 4 nitrogen and oxygen atoms in total. The molecule has 110 valence electrons. The summed E-state index contributed by atoms with van der Waals surface area (Å²) >= 11 is 0. The molecule has 1 amide bonds. The van der Waals surface area contributed by atoms with Gasteiger partial charge in [0.15, 0.2) is 0 Å². The highest BCUT2D eigenvalue weighted by Crippen LogP contribution is 2.25. The SMILES string of the molecule is CC(C)C1NC(C(C)C)N(CC2CCOCC2)C1=O. The topological polar surface area (TPSA) is 41.6 Å². The van der Waals surface area contributed by atoms with Gasteiger partial charge >= 0.3 is 0 Å². The molecule has 0 aliphatic carbocycles. The van der Waals surface area contributed by atoms with Crippen molar-refractivity contribution in [3.05, 3.63) is 0 Å². The first-order valence-electron chi connectivity index (χ1n) is 7.65. The summed E-state index contributed by atoms with van der Waals surface area (Å²) in [5.74, 6) is 1.70. The van der Waals surface area contributed by atoms with Crippen LogP contribution in [0.15, 0.2) is 0 Å². The highest BCUT2D eigenvalue weighted by Gasteiger charge is 2.42. The van der Waals surface area contributed by atoms with Crippen molar-refractivity contribution in [2.24, 2.45) is 17.8 Å². The standard InChI is InChI=1S/C15H28N2O2/c1-10(2)13-15(18)17(14(16-13)11(3)4)9-12-5-7-19-8-6-12/h10-14,16H,5-9H2,1-4H3. The summed E-state index contributed by atoms with van der Waals surface area (Å²) in [5, 5.41) is 3.52. The van der Waals surface area contributed by atoms with Gasteiger partial charge in [-0.1, -0.05) is 27.7 Å². The Morgan fingerprint density at radius 2 is 1.84 bits per heavy atom. The molecule has 2 fully saturated rings. The van der Waals surface area contributed by atoms with Gasteiger partial charge in [-0.2, -0.15) is 0 Å². The molecule has 2 aliphatic heterocycles. The quantitative estimate of drug-likeness (QED) is 0.846. The molecule has 2 atom stereocenters. The zero-order valence-electron chi connectivity index (χ0n) is 12.7. The number of hydrogen-bond acceptors (Lipinski definition) is 3. The molecule has 0 spiro atoms. The number of ether oxygens (including phenoxy) is 1. The maximum absolute atomic E-state index is 12.6. The molecular weight excluding hydrogens is 240 g/mol. The van der Waals surface area contributed by atoms with Crippen LogP contribution in [-0.2, 0) is 9.53 Å². The van der Waals surface area contributed by atoms with Crippen LogP contribution in [0.1, 0.15) is 40.5 Å². The Labute approximate surface area is 116 Å². The van der Waals surface area contributed by atoms with Crippen LogP contribution in [0.2, 0.25) is 0 Å². The normalized spacial score (nSPS) is 29.8. The van der Waals surface area contributed by atoms with Crippen LogP contribution in [0.3, 0.4) is 0 Å². The van der Waals surface area contributed by atoms with Gasteiger partial charge in [-0.3, -0.25) is 10.1 Å². The molecule has 0 saturated carbocycles. The third-order valence-corrected chi connectivity index (χ3v) is 4.33. The summed E-state index contributed by atoms with van der Waals surface area (Å²) in [4.78, 5) is 14.7. The van der Waals surface area contributed by atoms with Crippen molar-refractivity contribution in [2.45, 2.75) is 52.7 Å². The van der Waals surface area contributed by atoms with Crippen molar-refractivity contribution in [1.29, 1.82) is 0 Å². The van der Waals surface area contributed by atoms with Crippen LogP contribution in [0.5, 0.6) is 0 Å². The third kappa shape index (κ3) is 3.29. The first-order valence-corrected chi connectivity index (χ1v) is 7.65. The number of carbonyl (C=O) groups is 1. The van der Waals surface area contributed by atoms with Crippen LogP contribution in [0, 0.1) is 17.8 Å². The zero-order valence-corrected chi connectivity index (χ0v) is 12.7. The van der Waals surface area contributed by atoms with E-state index in [-0.39, 0.29) is 12.2 Å². The maximum Gasteiger partial charge on any atom is 0.241 e. The Balaban J connectivity index is 2.04. The van der Waals surface area contributed by atoms with E-state index in [0.29, 0.717) is 23.7 Å². The second-order valence-corrected chi connectivity index (χ2v) is 6.62. The maximum atomic E-state index is 12.6. The van der Waals surface area contributed by atoms with Crippen LogP contribution in [-0.4, -0.2) is 42.8 Å². The summed E-state index contributed by atoms with van der Waals surface area (Å²) < 4.78 is 5.41. The Morgan fingerprint density at radius 3 is 2.37 bits per heavy atom. The van der Waals surface area contributed by atoms with Crippen LogP contribution in [0.4, 0.5) is 0 Å². The predicted molar refractivity (Wildman–Crippen MR) is 75.6 cm³/mol. The van der Waals surface area contributed by atoms with Gasteiger partial charge in [-0.15, -0.1) is 0 Å².